The molecular formula is C16H19N3O3S2. The first-order chi connectivity index (χ1) is 11.3. The number of aryl methyl sites for hydroxylation is 1. The predicted molar refractivity (Wildman–Crippen MR) is 94.8 cm³/mol. The monoisotopic (exact) mass is 365 g/mol. The molecule has 0 radical (unpaired) electrons. The normalized spacial score (nSPS) is 20.8. The third-order valence-electron chi connectivity index (χ3n) is 3.92. The number of nitrogens with zero attached hydrogens (tertiary/aromatic N) is 2. The maximum absolute atomic E-state index is 12.4. The lowest BCUT2D eigenvalue weighted by molar-refractivity contribution is -0.120. The molecule has 128 valence electrons. The Morgan fingerprint density at radius 2 is 2.08 bits per heavy atom. The minimum Gasteiger partial charge on any atom is -0.351 e. The lowest BCUT2D eigenvalue weighted by atomic mass is 10.2. The van der Waals surface area contributed by atoms with Gasteiger partial charge < -0.3 is 5.32 Å². The Hall–Kier alpha value is -1.67. The first-order valence-corrected chi connectivity index (χ1v) is 10.4. The molecule has 1 aliphatic heterocycles. The molecule has 6 nitrogen and oxygen atoms in total. The molecule has 1 aromatic heterocycles. The van der Waals surface area contributed by atoms with E-state index in [1.807, 2.05) is 31.2 Å². The molecule has 0 bridgehead atoms. The summed E-state index contributed by atoms with van der Waals surface area (Å²) in [6.45, 7) is 3.63. The van der Waals surface area contributed by atoms with Crippen LogP contribution in [0.25, 0.3) is 10.9 Å². The first-order valence-electron chi connectivity index (χ1n) is 7.75. The van der Waals surface area contributed by atoms with E-state index in [1.165, 1.54) is 11.8 Å². The zero-order valence-corrected chi connectivity index (χ0v) is 15.2. The van der Waals surface area contributed by atoms with Crippen molar-refractivity contribution in [1.82, 2.24) is 15.3 Å². The molecule has 0 spiro atoms. The molecule has 1 fully saturated rings. The maximum Gasteiger partial charge on any atom is 0.233 e. The largest absolute Gasteiger partial charge is 0.351 e. The molecule has 0 aliphatic carbocycles. The second kappa shape index (κ2) is 6.68. The molecule has 24 heavy (non-hydrogen) atoms. The summed E-state index contributed by atoms with van der Waals surface area (Å²) >= 11 is 1.37. The molecule has 2 aromatic rings. The molecule has 3 rings (SSSR count). The summed E-state index contributed by atoms with van der Waals surface area (Å²) in [5.74, 6) is 0.675. The molecule has 1 N–H and O–H groups in total. The smallest absolute Gasteiger partial charge is 0.233 e. The van der Waals surface area contributed by atoms with Gasteiger partial charge in [-0.25, -0.2) is 18.4 Å². The van der Waals surface area contributed by atoms with Crippen molar-refractivity contribution in [2.75, 3.05) is 11.5 Å². The highest BCUT2D eigenvalue weighted by Gasteiger charge is 2.30. The van der Waals surface area contributed by atoms with Crippen molar-refractivity contribution in [2.45, 2.75) is 36.6 Å². The van der Waals surface area contributed by atoms with E-state index in [2.05, 4.69) is 15.3 Å². The molecule has 0 unspecified atom stereocenters. The van der Waals surface area contributed by atoms with Gasteiger partial charge in [-0.15, -0.1) is 0 Å². The number of para-hydroxylation sites is 1. The molecule has 1 aromatic carbocycles. The summed E-state index contributed by atoms with van der Waals surface area (Å²) in [6, 6.07) is 7.40. The topological polar surface area (TPSA) is 89.0 Å². The second-order valence-corrected chi connectivity index (χ2v) is 9.52. The van der Waals surface area contributed by atoms with Crippen LogP contribution in [0.15, 0.2) is 29.3 Å². The van der Waals surface area contributed by atoms with Crippen LogP contribution in [0.5, 0.6) is 0 Å². The Morgan fingerprint density at radius 3 is 2.79 bits per heavy atom. The molecule has 0 saturated carbocycles. The second-order valence-electron chi connectivity index (χ2n) is 5.96. The molecular weight excluding hydrogens is 346 g/mol. The van der Waals surface area contributed by atoms with Crippen molar-refractivity contribution < 1.29 is 13.2 Å². The predicted octanol–water partition coefficient (Wildman–Crippen LogP) is 1.72. The highest BCUT2D eigenvalue weighted by Crippen LogP contribution is 2.28. The number of amides is 1. The van der Waals surface area contributed by atoms with Crippen LogP contribution in [0.2, 0.25) is 0 Å². The van der Waals surface area contributed by atoms with Crippen molar-refractivity contribution in [3.63, 3.8) is 0 Å². The van der Waals surface area contributed by atoms with E-state index in [0.717, 1.165) is 15.9 Å². The third kappa shape index (κ3) is 3.87. The minimum absolute atomic E-state index is 0.0334. The molecule has 1 amide bonds. The summed E-state index contributed by atoms with van der Waals surface area (Å²) < 4.78 is 23.0. The van der Waals surface area contributed by atoms with Gasteiger partial charge in [-0.1, -0.05) is 30.0 Å². The van der Waals surface area contributed by atoms with Crippen LogP contribution in [0.4, 0.5) is 0 Å². The number of carbonyl (C=O) groups is 1. The van der Waals surface area contributed by atoms with Gasteiger partial charge in [-0.2, -0.15) is 0 Å². The van der Waals surface area contributed by atoms with Crippen LogP contribution in [0.3, 0.4) is 0 Å². The summed E-state index contributed by atoms with van der Waals surface area (Å²) in [5, 5.41) is 4.14. The van der Waals surface area contributed by atoms with Crippen molar-refractivity contribution in [3.8, 4) is 0 Å². The van der Waals surface area contributed by atoms with Crippen LogP contribution >= 0.6 is 11.8 Å². The molecule has 2 heterocycles. The van der Waals surface area contributed by atoms with Crippen molar-refractivity contribution in [3.05, 3.63) is 30.1 Å². The number of nitrogens with one attached hydrogen (secondary N) is 1. The summed E-state index contributed by atoms with van der Waals surface area (Å²) in [7, 11) is -3.00. The van der Waals surface area contributed by atoms with E-state index in [4.69, 9.17) is 0 Å². The molecule has 1 saturated heterocycles. The third-order valence-corrected chi connectivity index (χ3v) is 6.79. The summed E-state index contributed by atoms with van der Waals surface area (Å²) in [6.07, 6.45) is 0.487. The number of hydrogen-bond acceptors (Lipinski definition) is 6. The summed E-state index contributed by atoms with van der Waals surface area (Å²) in [5.41, 5.74) is 0.849. The number of thioether (sulfide) groups is 1. The maximum atomic E-state index is 12.4. The van der Waals surface area contributed by atoms with E-state index >= 15 is 0 Å². The van der Waals surface area contributed by atoms with Crippen LogP contribution in [-0.4, -0.2) is 47.1 Å². The Labute approximate surface area is 145 Å². The Morgan fingerprint density at radius 1 is 1.33 bits per heavy atom. The van der Waals surface area contributed by atoms with Crippen LogP contribution in [0, 0.1) is 6.92 Å². The van der Waals surface area contributed by atoms with Crippen molar-refractivity contribution >= 4 is 38.4 Å². The van der Waals surface area contributed by atoms with Gasteiger partial charge in [-0.3, -0.25) is 4.79 Å². The van der Waals surface area contributed by atoms with Gasteiger partial charge in [-0.05, 0) is 26.3 Å². The number of aromatic nitrogens is 2. The van der Waals surface area contributed by atoms with Gasteiger partial charge in [0.1, 0.15) is 10.9 Å². The van der Waals surface area contributed by atoms with E-state index in [1.54, 1.807) is 6.92 Å². The van der Waals surface area contributed by atoms with Crippen LogP contribution < -0.4 is 5.32 Å². The van der Waals surface area contributed by atoms with E-state index in [9.17, 15) is 13.2 Å². The van der Waals surface area contributed by atoms with Gasteiger partial charge in [0.2, 0.25) is 5.91 Å². The number of rotatable bonds is 4. The number of fused-ring (bicyclic) bond motifs is 1. The number of carbonyl (C=O) groups excluding carboxylic acids is 1. The molecule has 2 atom stereocenters. The van der Waals surface area contributed by atoms with Crippen LogP contribution in [-0.2, 0) is 14.6 Å². The number of sulfone groups is 1. The molecule has 1 aliphatic rings. The lowest BCUT2D eigenvalue weighted by Gasteiger charge is -2.16. The van der Waals surface area contributed by atoms with E-state index < -0.39 is 9.84 Å². The fraction of sp³-hybridized carbons (Fsp3) is 0.438. The van der Waals surface area contributed by atoms with Crippen molar-refractivity contribution in [1.29, 1.82) is 0 Å². The van der Waals surface area contributed by atoms with Gasteiger partial charge in [0.25, 0.3) is 0 Å². The highest BCUT2D eigenvalue weighted by atomic mass is 32.2. The SMILES string of the molecule is Cc1nc(S[C@H](C)C(=O)N[C@@H]2CCS(=O)(=O)C2)c2ccccc2n1. The molecule has 8 heteroatoms. The van der Waals surface area contributed by atoms with Gasteiger partial charge in [0.15, 0.2) is 9.84 Å². The zero-order valence-electron chi connectivity index (χ0n) is 13.5. The summed E-state index contributed by atoms with van der Waals surface area (Å²) in [4.78, 5) is 21.2. The Kier molecular flexibility index (Phi) is 4.78. The quantitative estimate of drug-likeness (QED) is 0.655. The Bertz CT molecular complexity index is 883. The zero-order chi connectivity index (χ0) is 17.3. The fourth-order valence-corrected chi connectivity index (χ4v) is 5.36. The minimum atomic E-state index is -3.00. The number of hydrogen-bond donors (Lipinski definition) is 1. The average molecular weight is 365 g/mol. The van der Waals surface area contributed by atoms with E-state index in [-0.39, 0.29) is 28.7 Å². The first kappa shape index (κ1) is 17.2. The van der Waals surface area contributed by atoms with Gasteiger partial charge >= 0.3 is 0 Å². The van der Waals surface area contributed by atoms with E-state index in [0.29, 0.717) is 12.2 Å². The van der Waals surface area contributed by atoms with Gasteiger partial charge in [0, 0.05) is 11.4 Å². The van der Waals surface area contributed by atoms with Gasteiger partial charge in [0.05, 0.1) is 22.3 Å². The average Bonchev–Trinajstić information content (AvgIpc) is 2.85. The lowest BCUT2D eigenvalue weighted by Crippen LogP contribution is -2.39. The highest BCUT2D eigenvalue weighted by molar-refractivity contribution is 8.00. The number of benzene rings is 1. The van der Waals surface area contributed by atoms with Crippen molar-refractivity contribution in [2.24, 2.45) is 0 Å². The fourth-order valence-electron chi connectivity index (χ4n) is 2.70. The standard InChI is InChI=1S/C16H19N3O3S2/c1-10(15(20)19-12-7-8-24(21,22)9-12)23-16-13-5-3-4-6-14(13)17-11(2)18-16/h3-6,10,12H,7-9H2,1-2H3,(H,19,20)/t10-,12-/m1/s1. The Balaban J connectivity index is 1.73. The van der Waals surface area contributed by atoms with Crippen LogP contribution in [0.1, 0.15) is 19.2 Å².